The molecule has 0 saturated heterocycles. The quantitative estimate of drug-likeness (QED) is 0.407. The SMILES string of the molecule is CC(=O)C(=O)O.O.O. The van der Waals surface area contributed by atoms with Crippen molar-refractivity contribution in [2.75, 3.05) is 0 Å². The van der Waals surface area contributed by atoms with Crippen LogP contribution in [0.25, 0.3) is 0 Å². The molecule has 0 aliphatic carbocycles. The molecule has 0 amide bonds. The first kappa shape index (κ1) is 15.7. The van der Waals surface area contributed by atoms with Gasteiger partial charge in [-0.2, -0.15) is 0 Å². The van der Waals surface area contributed by atoms with E-state index < -0.39 is 11.8 Å². The third-order valence-electron chi connectivity index (χ3n) is 0.301. The number of hydrogen-bond acceptors (Lipinski definition) is 2. The molecule has 5 N–H and O–H groups in total. The normalized spacial score (nSPS) is 5.62. The summed E-state index contributed by atoms with van der Waals surface area (Å²) < 4.78 is 0. The van der Waals surface area contributed by atoms with Crippen molar-refractivity contribution in [1.82, 2.24) is 0 Å². The number of Topliss-reactive ketones (excluding diaryl/α,β-unsaturated/α-hetero) is 1. The van der Waals surface area contributed by atoms with Crippen molar-refractivity contribution in [2.45, 2.75) is 6.92 Å². The highest BCUT2D eigenvalue weighted by atomic mass is 16.4. The second-order valence-corrected chi connectivity index (χ2v) is 0.861. The van der Waals surface area contributed by atoms with Crippen molar-refractivity contribution in [3.8, 4) is 0 Å². The van der Waals surface area contributed by atoms with E-state index in [9.17, 15) is 9.59 Å². The van der Waals surface area contributed by atoms with Gasteiger partial charge < -0.3 is 16.1 Å². The Hall–Kier alpha value is -0.940. The topological polar surface area (TPSA) is 117 Å². The van der Waals surface area contributed by atoms with Crippen LogP contribution in [-0.2, 0) is 9.59 Å². The fourth-order valence-corrected chi connectivity index (χ4v) is 0. The first-order valence-corrected chi connectivity index (χ1v) is 1.38. The molecule has 5 heteroatoms. The van der Waals surface area contributed by atoms with E-state index in [1.807, 2.05) is 0 Å². The molecule has 0 saturated carbocycles. The van der Waals surface area contributed by atoms with Crippen LogP contribution in [0, 0.1) is 0 Å². The molecule has 0 fully saturated rings. The van der Waals surface area contributed by atoms with Gasteiger partial charge >= 0.3 is 5.97 Å². The average Bonchev–Trinajstić information content (AvgIpc) is 1.36. The van der Waals surface area contributed by atoms with E-state index in [0.717, 1.165) is 6.92 Å². The fraction of sp³-hybridized carbons (Fsp3) is 0.333. The standard InChI is InChI=1S/C3H4O3.2H2O/c1-2(4)3(5)6;;/h1H3,(H,5,6);2*1H2. The molecule has 0 unspecified atom stereocenters. The average molecular weight is 124 g/mol. The Morgan fingerprint density at radius 3 is 1.38 bits per heavy atom. The van der Waals surface area contributed by atoms with E-state index in [4.69, 9.17) is 5.11 Å². The second kappa shape index (κ2) is 6.06. The Balaban J connectivity index is -0.000000125. The molecule has 0 aliphatic heterocycles. The number of hydrogen-bond donors (Lipinski definition) is 1. The van der Waals surface area contributed by atoms with Crippen LogP contribution >= 0.6 is 0 Å². The number of rotatable bonds is 1. The highest BCUT2D eigenvalue weighted by Gasteiger charge is 1.98. The van der Waals surface area contributed by atoms with Crippen molar-refractivity contribution in [3.05, 3.63) is 0 Å². The molecule has 0 rings (SSSR count). The molecule has 0 bridgehead atoms. The van der Waals surface area contributed by atoms with Crippen molar-refractivity contribution >= 4 is 11.8 Å². The highest BCUT2D eigenvalue weighted by molar-refractivity contribution is 6.31. The summed E-state index contributed by atoms with van der Waals surface area (Å²) >= 11 is 0. The minimum Gasteiger partial charge on any atom is -0.476 e. The Morgan fingerprint density at radius 1 is 1.25 bits per heavy atom. The van der Waals surface area contributed by atoms with Crippen molar-refractivity contribution in [3.63, 3.8) is 0 Å². The summed E-state index contributed by atoms with van der Waals surface area (Å²) in [6, 6.07) is 0. The molecule has 5 nitrogen and oxygen atoms in total. The second-order valence-electron chi connectivity index (χ2n) is 0.861. The summed E-state index contributed by atoms with van der Waals surface area (Å²) in [6.07, 6.45) is 0. The molecule has 0 aromatic rings. The minimum atomic E-state index is -1.38. The molecule has 0 aromatic carbocycles. The van der Waals surface area contributed by atoms with Gasteiger partial charge in [0.05, 0.1) is 0 Å². The van der Waals surface area contributed by atoms with Crippen LogP contribution in [0.1, 0.15) is 6.92 Å². The molecule has 0 spiro atoms. The molecule has 8 heavy (non-hydrogen) atoms. The summed E-state index contributed by atoms with van der Waals surface area (Å²) in [4.78, 5) is 18.9. The summed E-state index contributed by atoms with van der Waals surface area (Å²) in [7, 11) is 0. The molecule has 0 radical (unpaired) electrons. The third kappa shape index (κ3) is 8.91. The molecule has 0 aromatic heterocycles. The maximum absolute atomic E-state index is 9.54. The lowest BCUT2D eigenvalue weighted by molar-refractivity contribution is -0.148. The highest BCUT2D eigenvalue weighted by Crippen LogP contribution is 1.61. The molecular weight excluding hydrogens is 116 g/mol. The van der Waals surface area contributed by atoms with E-state index in [0.29, 0.717) is 0 Å². The van der Waals surface area contributed by atoms with Gasteiger partial charge in [-0.1, -0.05) is 0 Å². The largest absolute Gasteiger partial charge is 0.476 e. The van der Waals surface area contributed by atoms with Crippen LogP contribution in [0.5, 0.6) is 0 Å². The third-order valence-corrected chi connectivity index (χ3v) is 0.301. The Kier molecular flexibility index (Phi) is 11.9. The van der Waals surface area contributed by atoms with Crippen LogP contribution in [0.15, 0.2) is 0 Å². The summed E-state index contributed by atoms with van der Waals surface area (Å²) in [6.45, 7) is 1.00. The lowest BCUT2D eigenvalue weighted by atomic mass is 10.5. The smallest absolute Gasteiger partial charge is 0.371 e. The minimum absolute atomic E-state index is 0. The van der Waals surface area contributed by atoms with Gasteiger partial charge in [0.25, 0.3) is 0 Å². The number of ketones is 1. The predicted molar refractivity (Wildman–Crippen MR) is 25.5 cm³/mol. The van der Waals surface area contributed by atoms with Gasteiger partial charge in [0.2, 0.25) is 5.78 Å². The van der Waals surface area contributed by atoms with Gasteiger partial charge in [-0.15, -0.1) is 0 Å². The van der Waals surface area contributed by atoms with Gasteiger partial charge in [0.1, 0.15) is 0 Å². The van der Waals surface area contributed by atoms with Crippen LogP contribution in [-0.4, -0.2) is 27.8 Å². The first-order valence-electron chi connectivity index (χ1n) is 1.38. The summed E-state index contributed by atoms with van der Waals surface area (Å²) in [5, 5.41) is 7.64. The predicted octanol–water partition coefficient (Wildman–Crippen LogP) is -1.99. The summed E-state index contributed by atoms with van der Waals surface area (Å²) in [5.41, 5.74) is 0. The molecule has 0 atom stereocenters. The van der Waals surface area contributed by atoms with Crippen LogP contribution < -0.4 is 0 Å². The maximum Gasteiger partial charge on any atom is 0.371 e. The van der Waals surface area contributed by atoms with Gasteiger partial charge in [-0.3, -0.25) is 4.79 Å². The van der Waals surface area contributed by atoms with E-state index in [1.165, 1.54) is 0 Å². The zero-order valence-electron chi connectivity index (χ0n) is 4.26. The van der Waals surface area contributed by atoms with Crippen molar-refractivity contribution in [2.24, 2.45) is 0 Å². The maximum atomic E-state index is 9.54. The number of carbonyl (C=O) groups is 2. The van der Waals surface area contributed by atoms with Crippen LogP contribution in [0.4, 0.5) is 0 Å². The fourth-order valence-electron chi connectivity index (χ4n) is 0. The molecule has 0 heterocycles. The lowest BCUT2D eigenvalue weighted by Crippen LogP contribution is -2.05. The van der Waals surface area contributed by atoms with E-state index in [2.05, 4.69) is 0 Å². The number of aliphatic carboxylic acids is 1. The van der Waals surface area contributed by atoms with Gasteiger partial charge in [-0.05, 0) is 0 Å². The molecule has 50 valence electrons. The zero-order chi connectivity index (χ0) is 5.15. The van der Waals surface area contributed by atoms with Crippen LogP contribution in [0.3, 0.4) is 0 Å². The lowest BCUT2D eigenvalue weighted by Gasteiger charge is -1.73. The van der Waals surface area contributed by atoms with Crippen molar-refractivity contribution in [1.29, 1.82) is 0 Å². The first-order chi connectivity index (χ1) is 2.64. The van der Waals surface area contributed by atoms with Gasteiger partial charge in [-0.25, -0.2) is 4.79 Å². The number of carbonyl (C=O) groups excluding carboxylic acids is 1. The van der Waals surface area contributed by atoms with Gasteiger partial charge in [0, 0.05) is 6.92 Å². The van der Waals surface area contributed by atoms with E-state index in [1.54, 1.807) is 0 Å². The van der Waals surface area contributed by atoms with Crippen LogP contribution in [0.2, 0.25) is 0 Å². The Morgan fingerprint density at radius 2 is 1.38 bits per heavy atom. The summed E-state index contributed by atoms with van der Waals surface area (Å²) in [5.74, 6) is -2.20. The monoisotopic (exact) mass is 124 g/mol. The Bertz CT molecular complexity index is 73.7. The van der Waals surface area contributed by atoms with E-state index >= 15 is 0 Å². The van der Waals surface area contributed by atoms with Gasteiger partial charge in [0.15, 0.2) is 0 Å². The van der Waals surface area contributed by atoms with Crippen molar-refractivity contribution < 1.29 is 25.6 Å². The Labute approximate surface area is 45.5 Å². The molecule has 0 aliphatic rings. The van der Waals surface area contributed by atoms with E-state index in [-0.39, 0.29) is 11.0 Å². The number of carboxylic acids is 1. The zero-order valence-corrected chi connectivity index (χ0v) is 4.26. The number of carboxylic acid groups (broad SMARTS) is 1. The molecular formula is C3H8O5.